The molecule has 0 aliphatic rings. The van der Waals surface area contributed by atoms with Crippen LogP contribution >= 0.6 is 11.8 Å². The molecule has 0 aliphatic heterocycles. The van der Waals surface area contributed by atoms with Gasteiger partial charge in [-0.3, -0.25) is 0 Å². The standard InChI is InChI=1S/C13H10F3NS/c1-18-11-7-3-2-5-9(11)10-6-4-8-12(17-10)13(14,15)16/h2-8H,1H3. The highest BCUT2D eigenvalue weighted by atomic mass is 32.2. The number of halogens is 3. The zero-order chi connectivity index (χ0) is 13.2. The average Bonchev–Trinajstić information content (AvgIpc) is 2.38. The maximum Gasteiger partial charge on any atom is 0.433 e. The molecule has 5 heteroatoms. The zero-order valence-electron chi connectivity index (χ0n) is 9.53. The molecule has 2 aromatic rings. The smallest absolute Gasteiger partial charge is 0.243 e. The molecule has 0 unspecified atom stereocenters. The Labute approximate surface area is 107 Å². The fraction of sp³-hybridized carbons (Fsp3) is 0.154. The fourth-order valence-corrected chi connectivity index (χ4v) is 2.21. The number of thioether (sulfide) groups is 1. The van der Waals surface area contributed by atoms with Gasteiger partial charge in [-0.05, 0) is 24.5 Å². The lowest BCUT2D eigenvalue weighted by atomic mass is 10.1. The van der Waals surface area contributed by atoms with Gasteiger partial charge in [0.15, 0.2) is 0 Å². The van der Waals surface area contributed by atoms with Crippen molar-refractivity contribution in [1.82, 2.24) is 4.98 Å². The van der Waals surface area contributed by atoms with Gasteiger partial charge in [0.05, 0.1) is 5.69 Å². The first kappa shape index (κ1) is 13.0. The largest absolute Gasteiger partial charge is 0.433 e. The molecule has 0 spiro atoms. The van der Waals surface area contributed by atoms with Crippen LogP contribution in [0.25, 0.3) is 11.3 Å². The molecule has 1 heterocycles. The molecule has 0 radical (unpaired) electrons. The molecule has 0 fully saturated rings. The number of rotatable bonds is 2. The highest BCUT2D eigenvalue weighted by Gasteiger charge is 2.32. The molecule has 1 aromatic carbocycles. The minimum Gasteiger partial charge on any atom is -0.243 e. The van der Waals surface area contributed by atoms with Crippen LogP contribution in [0.1, 0.15) is 5.69 Å². The van der Waals surface area contributed by atoms with Crippen LogP contribution in [-0.2, 0) is 6.18 Å². The van der Waals surface area contributed by atoms with E-state index < -0.39 is 11.9 Å². The van der Waals surface area contributed by atoms with Crippen molar-refractivity contribution in [2.75, 3.05) is 6.26 Å². The number of aromatic nitrogens is 1. The highest BCUT2D eigenvalue weighted by Crippen LogP contribution is 2.32. The summed E-state index contributed by atoms with van der Waals surface area (Å²) in [5, 5.41) is 0. The quantitative estimate of drug-likeness (QED) is 0.745. The van der Waals surface area contributed by atoms with E-state index >= 15 is 0 Å². The van der Waals surface area contributed by atoms with Crippen LogP contribution in [0.15, 0.2) is 47.4 Å². The van der Waals surface area contributed by atoms with Crippen LogP contribution in [0.5, 0.6) is 0 Å². The molecule has 0 bridgehead atoms. The second-order valence-corrected chi connectivity index (χ2v) is 4.45. The molecule has 0 aliphatic carbocycles. The second kappa shape index (κ2) is 5.02. The van der Waals surface area contributed by atoms with E-state index in [9.17, 15) is 13.2 Å². The summed E-state index contributed by atoms with van der Waals surface area (Å²) in [6, 6.07) is 11.2. The van der Waals surface area contributed by atoms with E-state index in [1.54, 1.807) is 18.2 Å². The maximum absolute atomic E-state index is 12.6. The van der Waals surface area contributed by atoms with Gasteiger partial charge in [0.25, 0.3) is 0 Å². The number of hydrogen-bond donors (Lipinski definition) is 0. The Morgan fingerprint density at radius 2 is 1.72 bits per heavy atom. The van der Waals surface area contributed by atoms with Crippen molar-refractivity contribution >= 4 is 11.8 Å². The third-order valence-electron chi connectivity index (χ3n) is 2.42. The van der Waals surface area contributed by atoms with Crippen molar-refractivity contribution in [2.24, 2.45) is 0 Å². The van der Waals surface area contributed by atoms with E-state index in [2.05, 4.69) is 4.98 Å². The Hall–Kier alpha value is -1.49. The second-order valence-electron chi connectivity index (χ2n) is 3.61. The molecule has 1 aromatic heterocycles. The highest BCUT2D eigenvalue weighted by molar-refractivity contribution is 7.98. The van der Waals surface area contributed by atoms with Crippen molar-refractivity contribution in [3.8, 4) is 11.3 Å². The Morgan fingerprint density at radius 1 is 1.00 bits per heavy atom. The molecular formula is C13H10F3NS. The van der Waals surface area contributed by atoms with E-state index in [-0.39, 0.29) is 0 Å². The van der Waals surface area contributed by atoms with E-state index in [4.69, 9.17) is 0 Å². The van der Waals surface area contributed by atoms with Gasteiger partial charge in [-0.1, -0.05) is 24.3 Å². The molecule has 0 N–H and O–H groups in total. The lowest BCUT2D eigenvalue weighted by Crippen LogP contribution is -2.08. The topological polar surface area (TPSA) is 12.9 Å². The van der Waals surface area contributed by atoms with Gasteiger partial charge in [-0.25, -0.2) is 4.98 Å². The van der Waals surface area contributed by atoms with Crippen molar-refractivity contribution in [1.29, 1.82) is 0 Å². The Morgan fingerprint density at radius 3 is 2.39 bits per heavy atom. The average molecular weight is 269 g/mol. The van der Waals surface area contributed by atoms with Crippen molar-refractivity contribution in [2.45, 2.75) is 11.1 Å². The number of hydrogen-bond acceptors (Lipinski definition) is 2. The molecule has 94 valence electrons. The molecule has 0 saturated heterocycles. The van der Waals surface area contributed by atoms with Gasteiger partial charge in [0.2, 0.25) is 0 Å². The van der Waals surface area contributed by atoms with Gasteiger partial charge in [-0.15, -0.1) is 11.8 Å². The summed E-state index contributed by atoms with van der Waals surface area (Å²) in [5.41, 5.74) is 0.196. The van der Waals surface area contributed by atoms with Crippen LogP contribution in [0.3, 0.4) is 0 Å². The predicted octanol–water partition coefficient (Wildman–Crippen LogP) is 4.49. The molecule has 0 atom stereocenters. The van der Waals surface area contributed by atoms with E-state index in [1.807, 2.05) is 18.4 Å². The Balaban J connectivity index is 2.51. The first-order chi connectivity index (χ1) is 8.52. The first-order valence-corrected chi connectivity index (χ1v) is 6.42. The molecule has 0 saturated carbocycles. The molecule has 0 amide bonds. The molecule has 18 heavy (non-hydrogen) atoms. The summed E-state index contributed by atoms with van der Waals surface area (Å²) < 4.78 is 37.8. The van der Waals surface area contributed by atoms with Gasteiger partial charge in [0, 0.05) is 10.5 Å². The molecule has 1 nitrogen and oxygen atoms in total. The van der Waals surface area contributed by atoms with E-state index in [0.29, 0.717) is 5.69 Å². The number of pyridine rings is 1. The Bertz CT molecular complexity index is 552. The van der Waals surface area contributed by atoms with Crippen LogP contribution in [0, 0.1) is 0 Å². The summed E-state index contributed by atoms with van der Waals surface area (Å²) in [6.45, 7) is 0. The molecule has 2 rings (SSSR count). The SMILES string of the molecule is CSc1ccccc1-c1cccc(C(F)(F)F)n1. The van der Waals surface area contributed by atoms with Crippen LogP contribution < -0.4 is 0 Å². The minimum absolute atomic E-state index is 0.342. The van der Waals surface area contributed by atoms with E-state index in [0.717, 1.165) is 16.5 Å². The number of benzene rings is 1. The third kappa shape index (κ3) is 2.67. The summed E-state index contributed by atoms with van der Waals surface area (Å²) in [5.74, 6) is 0. The monoisotopic (exact) mass is 269 g/mol. The first-order valence-electron chi connectivity index (χ1n) is 5.20. The van der Waals surface area contributed by atoms with Crippen LogP contribution in [0.4, 0.5) is 13.2 Å². The van der Waals surface area contributed by atoms with Gasteiger partial charge in [0.1, 0.15) is 5.69 Å². The number of nitrogens with zero attached hydrogens (tertiary/aromatic N) is 1. The van der Waals surface area contributed by atoms with Crippen molar-refractivity contribution < 1.29 is 13.2 Å². The third-order valence-corrected chi connectivity index (χ3v) is 3.22. The Kier molecular flexibility index (Phi) is 3.61. The van der Waals surface area contributed by atoms with Crippen molar-refractivity contribution in [3.63, 3.8) is 0 Å². The summed E-state index contributed by atoms with van der Waals surface area (Å²) in [6.07, 6.45) is -2.53. The summed E-state index contributed by atoms with van der Waals surface area (Å²) in [7, 11) is 0. The van der Waals surface area contributed by atoms with E-state index in [1.165, 1.54) is 17.8 Å². The predicted molar refractivity (Wildman–Crippen MR) is 66.5 cm³/mol. The van der Waals surface area contributed by atoms with Gasteiger partial charge in [-0.2, -0.15) is 13.2 Å². The van der Waals surface area contributed by atoms with Crippen molar-refractivity contribution in [3.05, 3.63) is 48.2 Å². The minimum atomic E-state index is -4.41. The van der Waals surface area contributed by atoms with Gasteiger partial charge >= 0.3 is 6.18 Å². The number of alkyl halides is 3. The summed E-state index contributed by atoms with van der Waals surface area (Å²) in [4.78, 5) is 4.59. The fourth-order valence-electron chi connectivity index (χ4n) is 1.60. The maximum atomic E-state index is 12.6. The lowest BCUT2D eigenvalue weighted by Gasteiger charge is -2.10. The zero-order valence-corrected chi connectivity index (χ0v) is 10.3. The van der Waals surface area contributed by atoms with Crippen LogP contribution in [0.2, 0.25) is 0 Å². The normalized spacial score (nSPS) is 11.6. The molecular weight excluding hydrogens is 259 g/mol. The van der Waals surface area contributed by atoms with Gasteiger partial charge < -0.3 is 0 Å². The summed E-state index contributed by atoms with van der Waals surface area (Å²) >= 11 is 1.48. The lowest BCUT2D eigenvalue weighted by molar-refractivity contribution is -0.141. The van der Waals surface area contributed by atoms with Crippen LogP contribution in [-0.4, -0.2) is 11.2 Å².